The Bertz CT molecular complexity index is 657. The number of halogens is 1. The highest BCUT2D eigenvalue weighted by Crippen LogP contribution is 2.34. The number of hydrogen-bond donors (Lipinski definition) is 2. The molecule has 1 aromatic rings. The highest BCUT2D eigenvalue weighted by atomic mass is 127. The van der Waals surface area contributed by atoms with Gasteiger partial charge in [0, 0.05) is 26.7 Å². The van der Waals surface area contributed by atoms with Gasteiger partial charge in [0.2, 0.25) is 0 Å². The molecule has 3 aliphatic heterocycles. The number of benzene rings is 1. The molecule has 0 amide bonds. The molecule has 4 unspecified atom stereocenters. The SMILES string of the molecule is CN=C(NCC1CCN(c2ccccc2OC)C1)NC1CC2CCC1O2.I. The number of methoxy groups -OCH3 is 1. The fourth-order valence-corrected chi connectivity index (χ4v) is 4.51. The lowest BCUT2D eigenvalue weighted by Crippen LogP contribution is -2.48. The number of para-hydroxylation sites is 2. The van der Waals surface area contributed by atoms with E-state index in [9.17, 15) is 0 Å². The standard InChI is InChI=1S/C20H30N4O2.HI/c1-21-20(23-16-11-15-7-8-18(16)26-15)22-12-14-9-10-24(13-14)17-5-3-4-6-19(17)25-2;/h3-6,14-16,18H,7-13H2,1-2H3,(H2,21,22,23);1H. The number of fused-ring (bicyclic) bond motifs is 2. The minimum absolute atomic E-state index is 0. The Morgan fingerprint density at radius 2 is 2.15 bits per heavy atom. The molecule has 4 rings (SSSR count). The fraction of sp³-hybridized carbons (Fsp3) is 0.650. The molecule has 0 radical (unpaired) electrons. The van der Waals surface area contributed by atoms with Crippen LogP contribution in [0.5, 0.6) is 5.75 Å². The third kappa shape index (κ3) is 4.62. The number of rotatable bonds is 5. The van der Waals surface area contributed by atoms with Gasteiger partial charge in [-0.15, -0.1) is 24.0 Å². The molecule has 0 spiro atoms. The van der Waals surface area contributed by atoms with E-state index in [0.29, 0.717) is 24.2 Å². The zero-order valence-corrected chi connectivity index (χ0v) is 18.5. The number of ether oxygens (including phenoxy) is 2. The fourth-order valence-electron chi connectivity index (χ4n) is 4.51. The molecule has 7 heteroatoms. The van der Waals surface area contributed by atoms with Gasteiger partial charge in [-0.3, -0.25) is 4.99 Å². The zero-order valence-electron chi connectivity index (χ0n) is 16.2. The van der Waals surface area contributed by atoms with Crippen LogP contribution in [0.2, 0.25) is 0 Å². The molecule has 6 nitrogen and oxygen atoms in total. The molecule has 0 aromatic heterocycles. The van der Waals surface area contributed by atoms with Crippen LogP contribution in [0.4, 0.5) is 5.69 Å². The Morgan fingerprint density at radius 3 is 2.85 bits per heavy atom. The molecule has 2 N–H and O–H groups in total. The van der Waals surface area contributed by atoms with Crippen molar-refractivity contribution in [2.24, 2.45) is 10.9 Å². The lowest BCUT2D eigenvalue weighted by atomic mass is 9.96. The Morgan fingerprint density at radius 1 is 1.30 bits per heavy atom. The van der Waals surface area contributed by atoms with Crippen molar-refractivity contribution in [1.82, 2.24) is 10.6 Å². The second kappa shape index (κ2) is 9.32. The van der Waals surface area contributed by atoms with Crippen LogP contribution < -0.4 is 20.3 Å². The van der Waals surface area contributed by atoms with Crippen molar-refractivity contribution in [3.05, 3.63) is 24.3 Å². The summed E-state index contributed by atoms with van der Waals surface area (Å²) < 4.78 is 11.4. The Labute approximate surface area is 179 Å². The number of guanidine groups is 1. The van der Waals surface area contributed by atoms with E-state index in [4.69, 9.17) is 9.47 Å². The van der Waals surface area contributed by atoms with Crippen molar-refractivity contribution < 1.29 is 9.47 Å². The van der Waals surface area contributed by atoms with E-state index < -0.39 is 0 Å². The molecule has 4 atom stereocenters. The topological polar surface area (TPSA) is 58.1 Å². The van der Waals surface area contributed by atoms with Crippen molar-refractivity contribution >= 4 is 35.6 Å². The first-order chi connectivity index (χ1) is 12.8. The van der Waals surface area contributed by atoms with E-state index in [1.165, 1.54) is 24.9 Å². The van der Waals surface area contributed by atoms with Crippen molar-refractivity contribution in [2.75, 3.05) is 38.7 Å². The largest absolute Gasteiger partial charge is 0.495 e. The smallest absolute Gasteiger partial charge is 0.191 e. The van der Waals surface area contributed by atoms with Gasteiger partial charge in [0.25, 0.3) is 0 Å². The van der Waals surface area contributed by atoms with Gasteiger partial charge in [-0.25, -0.2) is 0 Å². The molecule has 3 heterocycles. The van der Waals surface area contributed by atoms with Crippen LogP contribution in [0.25, 0.3) is 0 Å². The van der Waals surface area contributed by atoms with Crippen molar-refractivity contribution in [2.45, 2.75) is 43.9 Å². The Kier molecular flexibility index (Phi) is 7.08. The van der Waals surface area contributed by atoms with E-state index in [0.717, 1.165) is 37.8 Å². The minimum atomic E-state index is 0. The summed E-state index contributed by atoms with van der Waals surface area (Å²) >= 11 is 0. The van der Waals surface area contributed by atoms with E-state index >= 15 is 0 Å². The molecule has 2 bridgehead atoms. The van der Waals surface area contributed by atoms with Crippen molar-refractivity contribution in [3.8, 4) is 5.75 Å². The van der Waals surface area contributed by atoms with Gasteiger partial charge >= 0.3 is 0 Å². The van der Waals surface area contributed by atoms with Crippen LogP contribution >= 0.6 is 24.0 Å². The van der Waals surface area contributed by atoms with E-state index in [-0.39, 0.29) is 24.0 Å². The van der Waals surface area contributed by atoms with Gasteiger partial charge in [-0.2, -0.15) is 0 Å². The number of nitrogens with one attached hydrogen (secondary N) is 2. The van der Waals surface area contributed by atoms with Crippen molar-refractivity contribution in [3.63, 3.8) is 0 Å². The molecule has 3 fully saturated rings. The maximum atomic E-state index is 5.93. The Hall–Kier alpha value is -1.22. The van der Waals surface area contributed by atoms with Crippen molar-refractivity contribution in [1.29, 1.82) is 0 Å². The molecule has 3 aliphatic rings. The normalized spacial score (nSPS) is 29.6. The maximum absolute atomic E-state index is 5.93. The van der Waals surface area contributed by atoms with Crippen LogP contribution in [-0.4, -0.2) is 58.0 Å². The summed E-state index contributed by atoms with van der Waals surface area (Å²) in [5, 5.41) is 7.09. The van der Waals surface area contributed by atoms with E-state index in [1.807, 2.05) is 19.2 Å². The lowest BCUT2D eigenvalue weighted by Gasteiger charge is -2.24. The third-order valence-electron chi connectivity index (χ3n) is 5.92. The second-order valence-electron chi connectivity index (χ2n) is 7.59. The van der Waals surface area contributed by atoms with Crippen LogP contribution in [0.3, 0.4) is 0 Å². The summed E-state index contributed by atoms with van der Waals surface area (Å²) in [5.74, 6) is 2.46. The van der Waals surface area contributed by atoms with Gasteiger partial charge < -0.3 is 25.0 Å². The summed E-state index contributed by atoms with van der Waals surface area (Å²) in [6, 6.07) is 8.68. The molecule has 0 aliphatic carbocycles. The van der Waals surface area contributed by atoms with Gasteiger partial charge in [0.1, 0.15) is 5.75 Å². The van der Waals surface area contributed by atoms with Crippen LogP contribution in [0.1, 0.15) is 25.7 Å². The highest BCUT2D eigenvalue weighted by molar-refractivity contribution is 14.0. The van der Waals surface area contributed by atoms with Gasteiger partial charge in [0.15, 0.2) is 5.96 Å². The molecule has 27 heavy (non-hydrogen) atoms. The monoisotopic (exact) mass is 486 g/mol. The van der Waals surface area contributed by atoms with Crippen LogP contribution in [-0.2, 0) is 4.74 Å². The molecular weight excluding hydrogens is 455 g/mol. The first-order valence-corrected chi connectivity index (χ1v) is 9.77. The average molecular weight is 486 g/mol. The van der Waals surface area contributed by atoms with Crippen LogP contribution in [0.15, 0.2) is 29.3 Å². The second-order valence-corrected chi connectivity index (χ2v) is 7.59. The van der Waals surface area contributed by atoms with E-state index in [2.05, 4.69) is 32.7 Å². The minimum Gasteiger partial charge on any atom is -0.495 e. The highest BCUT2D eigenvalue weighted by Gasteiger charge is 2.41. The maximum Gasteiger partial charge on any atom is 0.191 e. The molecular formula is C20H31IN4O2. The molecule has 150 valence electrons. The van der Waals surface area contributed by atoms with Gasteiger partial charge in [0.05, 0.1) is 31.0 Å². The number of aliphatic imine (C=N–C) groups is 1. The Balaban J connectivity index is 0.00000210. The number of anilines is 1. The first-order valence-electron chi connectivity index (χ1n) is 9.77. The quantitative estimate of drug-likeness (QED) is 0.381. The summed E-state index contributed by atoms with van der Waals surface area (Å²) in [4.78, 5) is 6.83. The molecule has 1 aromatic carbocycles. The predicted molar refractivity (Wildman–Crippen MR) is 120 cm³/mol. The molecule has 3 saturated heterocycles. The summed E-state index contributed by atoms with van der Waals surface area (Å²) in [6.07, 6.45) is 5.51. The number of nitrogens with zero attached hydrogens (tertiary/aromatic N) is 2. The van der Waals surface area contributed by atoms with Crippen LogP contribution in [0, 0.1) is 5.92 Å². The van der Waals surface area contributed by atoms with Gasteiger partial charge in [-0.1, -0.05) is 12.1 Å². The summed E-state index contributed by atoms with van der Waals surface area (Å²) in [7, 11) is 3.59. The lowest BCUT2D eigenvalue weighted by molar-refractivity contribution is 0.0992. The molecule has 0 saturated carbocycles. The summed E-state index contributed by atoms with van der Waals surface area (Å²) in [5.41, 5.74) is 1.19. The summed E-state index contributed by atoms with van der Waals surface area (Å²) in [6.45, 7) is 3.05. The number of hydrogen-bond acceptors (Lipinski definition) is 4. The third-order valence-corrected chi connectivity index (χ3v) is 5.92. The predicted octanol–water partition coefficient (Wildman–Crippen LogP) is 2.62. The zero-order chi connectivity index (χ0) is 17.9. The van der Waals surface area contributed by atoms with Gasteiger partial charge in [-0.05, 0) is 43.7 Å². The van der Waals surface area contributed by atoms with E-state index in [1.54, 1.807) is 7.11 Å². The average Bonchev–Trinajstić information content (AvgIpc) is 3.41. The first kappa shape index (κ1) is 20.5.